The molecule has 0 fully saturated rings. The molecule has 0 aliphatic rings. The first-order valence-electron chi connectivity index (χ1n) is 8.71. The van der Waals surface area contributed by atoms with Crippen LogP contribution in [0.3, 0.4) is 0 Å². The summed E-state index contributed by atoms with van der Waals surface area (Å²) >= 11 is 12.8. The Morgan fingerprint density at radius 3 is 2.43 bits per heavy atom. The van der Waals surface area contributed by atoms with E-state index in [2.05, 4.69) is 15.0 Å². The fourth-order valence-electron chi connectivity index (χ4n) is 3.10. The van der Waals surface area contributed by atoms with Crippen molar-refractivity contribution in [3.63, 3.8) is 0 Å². The summed E-state index contributed by atoms with van der Waals surface area (Å²) in [5.74, 6) is 0. The smallest absolute Gasteiger partial charge is 0.208 e. The Morgan fingerprint density at radius 2 is 1.83 bits per heavy atom. The molecule has 0 atom stereocenters. The molecule has 3 rings (SSSR count). The molecule has 30 heavy (non-hydrogen) atoms. The van der Waals surface area contributed by atoms with Crippen LogP contribution >= 0.6 is 23.2 Å². The molecule has 0 bridgehead atoms. The number of rotatable bonds is 6. The number of pyridine rings is 2. The third-order valence-electron chi connectivity index (χ3n) is 4.28. The van der Waals surface area contributed by atoms with Gasteiger partial charge in [0.25, 0.3) is 0 Å². The summed E-state index contributed by atoms with van der Waals surface area (Å²) in [6, 6.07) is 6.45. The predicted octanol–water partition coefficient (Wildman–Crippen LogP) is 2.83. The van der Waals surface area contributed by atoms with Gasteiger partial charge in [-0.25, -0.2) is 13.1 Å². The Kier molecular flexibility index (Phi) is 6.33. The van der Waals surface area contributed by atoms with E-state index in [-0.39, 0.29) is 28.6 Å². The van der Waals surface area contributed by atoms with Crippen LogP contribution in [0.15, 0.2) is 35.4 Å². The van der Waals surface area contributed by atoms with E-state index in [1.807, 2.05) is 6.07 Å². The predicted molar refractivity (Wildman–Crippen MR) is 118 cm³/mol. The van der Waals surface area contributed by atoms with Gasteiger partial charge < -0.3 is 9.88 Å². The van der Waals surface area contributed by atoms with Crippen molar-refractivity contribution in [3.05, 3.63) is 62.1 Å². The van der Waals surface area contributed by atoms with E-state index in [4.69, 9.17) is 28.5 Å². The minimum atomic E-state index is -3.32. The van der Waals surface area contributed by atoms with Gasteiger partial charge in [0.05, 0.1) is 62.6 Å². The van der Waals surface area contributed by atoms with Crippen LogP contribution in [0.5, 0.6) is 0 Å². The maximum atomic E-state index is 12.8. The number of halogens is 2. The van der Waals surface area contributed by atoms with Gasteiger partial charge in [-0.1, -0.05) is 23.2 Å². The normalized spacial score (nSPS) is 11.4. The summed E-state index contributed by atoms with van der Waals surface area (Å²) < 4.78 is 26.5. The van der Waals surface area contributed by atoms with Gasteiger partial charge in [-0.05, 0) is 19.1 Å². The number of benzene rings is 1. The molecule has 156 valence electrons. The van der Waals surface area contributed by atoms with Gasteiger partial charge in [-0.3, -0.25) is 9.78 Å². The Balaban J connectivity index is 2.15. The van der Waals surface area contributed by atoms with Gasteiger partial charge in [-0.2, -0.15) is 5.26 Å². The number of hydrogen-bond donors (Lipinski definition) is 2. The van der Waals surface area contributed by atoms with Crippen LogP contribution in [-0.2, 0) is 10.0 Å². The van der Waals surface area contributed by atoms with Crippen molar-refractivity contribution in [1.29, 1.82) is 5.26 Å². The monoisotopic (exact) mass is 465 g/mol. The second kappa shape index (κ2) is 8.62. The number of nitrogens with one attached hydrogen (secondary N) is 2. The topological polar surface area (TPSA) is 117 Å². The van der Waals surface area contributed by atoms with E-state index in [1.54, 1.807) is 11.5 Å². The van der Waals surface area contributed by atoms with Crippen molar-refractivity contribution in [2.75, 3.05) is 24.7 Å². The van der Waals surface area contributed by atoms with Crippen LogP contribution in [0.2, 0.25) is 10.0 Å². The lowest BCUT2D eigenvalue weighted by Crippen LogP contribution is -2.28. The molecule has 0 unspecified atom stereocenters. The molecule has 0 aliphatic heterocycles. The minimum Gasteiger partial charge on any atom is -0.382 e. The largest absolute Gasteiger partial charge is 0.382 e. The molecule has 0 aliphatic carbocycles. The number of anilines is 1. The lowest BCUT2D eigenvalue weighted by molar-refractivity contribution is 0.589. The second-order valence-electron chi connectivity index (χ2n) is 6.56. The maximum Gasteiger partial charge on any atom is 0.208 e. The van der Waals surface area contributed by atoms with Gasteiger partial charge in [-0.15, -0.1) is 0 Å². The minimum absolute atomic E-state index is 0.141. The molecule has 2 heterocycles. The zero-order valence-electron chi connectivity index (χ0n) is 16.0. The lowest BCUT2D eigenvalue weighted by atomic mass is 10.1. The third kappa shape index (κ3) is 4.57. The molecular formula is C19H17Cl2N5O3S. The van der Waals surface area contributed by atoms with Crippen LogP contribution in [0, 0.1) is 18.3 Å². The number of nitriles is 1. The molecule has 11 heteroatoms. The second-order valence-corrected chi connectivity index (χ2v) is 9.21. The van der Waals surface area contributed by atoms with Gasteiger partial charge in [0.1, 0.15) is 0 Å². The summed E-state index contributed by atoms with van der Waals surface area (Å²) in [7, 11) is -3.32. The van der Waals surface area contributed by atoms with Crippen LogP contribution < -0.4 is 15.5 Å². The summed E-state index contributed by atoms with van der Waals surface area (Å²) in [4.78, 5) is 17.0. The van der Waals surface area contributed by atoms with Crippen molar-refractivity contribution in [3.8, 4) is 11.8 Å². The zero-order chi connectivity index (χ0) is 22.1. The average Bonchev–Trinajstić information content (AvgIpc) is 2.66. The fourth-order valence-corrected chi connectivity index (χ4v) is 4.23. The number of fused-ring (bicyclic) bond motifs is 1. The first-order valence-corrected chi connectivity index (χ1v) is 11.4. The van der Waals surface area contributed by atoms with Crippen molar-refractivity contribution in [2.24, 2.45) is 0 Å². The van der Waals surface area contributed by atoms with Gasteiger partial charge in [0.15, 0.2) is 5.43 Å². The highest BCUT2D eigenvalue weighted by molar-refractivity contribution is 7.88. The first kappa shape index (κ1) is 22.1. The molecule has 1 aromatic carbocycles. The summed E-state index contributed by atoms with van der Waals surface area (Å²) in [5.41, 5.74) is 2.00. The number of aromatic nitrogens is 2. The molecule has 0 spiro atoms. The van der Waals surface area contributed by atoms with Crippen LogP contribution in [0.1, 0.15) is 11.3 Å². The van der Waals surface area contributed by atoms with E-state index in [9.17, 15) is 13.2 Å². The van der Waals surface area contributed by atoms with Crippen molar-refractivity contribution < 1.29 is 8.42 Å². The third-order valence-corrected chi connectivity index (χ3v) is 5.58. The van der Waals surface area contributed by atoms with Crippen molar-refractivity contribution in [1.82, 2.24) is 14.3 Å². The van der Waals surface area contributed by atoms with Crippen molar-refractivity contribution >= 4 is 49.8 Å². The van der Waals surface area contributed by atoms with E-state index in [0.717, 1.165) is 6.26 Å². The molecule has 3 aromatic rings. The number of sulfonamides is 1. The Hall–Kier alpha value is -2.64. The average molecular weight is 466 g/mol. The number of nitrogens with zero attached hydrogens (tertiary/aromatic N) is 3. The Morgan fingerprint density at radius 1 is 1.17 bits per heavy atom. The summed E-state index contributed by atoms with van der Waals surface area (Å²) in [5, 5.41) is 13.0. The highest BCUT2D eigenvalue weighted by atomic mass is 35.5. The molecule has 8 nitrogen and oxygen atoms in total. The van der Waals surface area contributed by atoms with Crippen LogP contribution in [0.4, 0.5) is 5.69 Å². The van der Waals surface area contributed by atoms with E-state index in [1.165, 1.54) is 30.6 Å². The quantitative estimate of drug-likeness (QED) is 0.540. The van der Waals surface area contributed by atoms with E-state index >= 15 is 0 Å². The molecule has 2 aromatic heterocycles. The molecular weight excluding hydrogens is 449 g/mol. The fraction of sp³-hybridized carbons (Fsp3) is 0.211. The highest BCUT2D eigenvalue weighted by Gasteiger charge is 2.17. The first-order chi connectivity index (χ1) is 14.1. The number of hydrogen-bond acceptors (Lipinski definition) is 6. The van der Waals surface area contributed by atoms with E-state index < -0.39 is 10.0 Å². The van der Waals surface area contributed by atoms with Gasteiger partial charge >= 0.3 is 0 Å². The molecule has 0 radical (unpaired) electrons. The molecule has 0 amide bonds. The molecule has 2 N–H and O–H groups in total. The van der Waals surface area contributed by atoms with Gasteiger partial charge in [0.2, 0.25) is 10.0 Å². The Bertz CT molecular complexity index is 1320. The van der Waals surface area contributed by atoms with Crippen LogP contribution in [0.25, 0.3) is 16.6 Å². The molecule has 0 saturated heterocycles. The highest BCUT2D eigenvalue weighted by Crippen LogP contribution is 2.33. The maximum absolute atomic E-state index is 12.8. The van der Waals surface area contributed by atoms with Gasteiger partial charge in [0, 0.05) is 24.8 Å². The number of aryl methyl sites for hydroxylation is 1. The van der Waals surface area contributed by atoms with Crippen molar-refractivity contribution in [2.45, 2.75) is 6.92 Å². The summed E-state index contributed by atoms with van der Waals surface area (Å²) in [6.45, 7) is 2.13. The molecule has 0 saturated carbocycles. The standard InChI is InChI=1S/C19H17Cl2N5O3S/c1-11-5-17(27)18-15(24-3-4-25-30(2,28)29)9-23-10-16(18)26(11)19-13(20)6-12(8-22)7-14(19)21/h5-7,9-10,24-25H,3-4H2,1-2H3. The van der Waals surface area contributed by atoms with E-state index in [0.29, 0.717) is 33.5 Å². The Labute approximate surface area is 183 Å². The van der Waals surface area contributed by atoms with Crippen LogP contribution in [-0.4, -0.2) is 37.3 Å². The zero-order valence-corrected chi connectivity index (χ0v) is 18.4. The summed E-state index contributed by atoms with van der Waals surface area (Å²) in [6.07, 6.45) is 4.08. The SMILES string of the molecule is Cc1cc(=O)c2c(NCCNS(C)(=O)=O)cncc2n1-c1c(Cl)cc(C#N)cc1Cl. The lowest BCUT2D eigenvalue weighted by Gasteiger charge is -2.19.